The van der Waals surface area contributed by atoms with Gasteiger partial charge in [0.2, 0.25) is 5.91 Å². The Balaban J connectivity index is 1.70. The van der Waals surface area contributed by atoms with Gasteiger partial charge in [0, 0.05) is 11.1 Å². The van der Waals surface area contributed by atoms with Crippen LogP contribution in [0.4, 0.5) is 10.1 Å². The van der Waals surface area contributed by atoms with Crippen LogP contribution in [0, 0.1) is 5.82 Å². The zero-order chi connectivity index (χ0) is 24.2. The van der Waals surface area contributed by atoms with Gasteiger partial charge in [-0.2, -0.15) is 0 Å². The van der Waals surface area contributed by atoms with Crippen LogP contribution in [0.3, 0.4) is 0 Å². The number of nitrogens with zero attached hydrogens (tertiary/aromatic N) is 2. The molecular formula is C24H19ClFN3O4S. The van der Waals surface area contributed by atoms with Gasteiger partial charge in [-0.3, -0.25) is 14.2 Å². The number of benzene rings is 3. The standard InChI is InChI=1S/C24H19ClFN3O4S/c1-32-20-10-8-15(12-21(20)33-2)29-23(31)16-5-3-4-6-18(16)28-24(29)34-13-22(30)27-19-9-7-14(25)11-17(19)26/h3-12H,13H2,1-2H3,(H,27,30). The van der Waals surface area contributed by atoms with Gasteiger partial charge in [0.1, 0.15) is 5.82 Å². The van der Waals surface area contributed by atoms with Gasteiger partial charge in [0.15, 0.2) is 16.7 Å². The fourth-order valence-electron chi connectivity index (χ4n) is 3.31. The molecule has 4 aromatic rings. The molecule has 1 amide bonds. The molecule has 0 saturated heterocycles. The van der Waals surface area contributed by atoms with E-state index in [2.05, 4.69) is 10.3 Å². The summed E-state index contributed by atoms with van der Waals surface area (Å²) in [5.74, 6) is -0.275. The highest BCUT2D eigenvalue weighted by Crippen LogP contribution is 2.30. The van der Waals surface area contributed by atoms with Crippen molar-refractivity contribution in [1.29, 1.82) is 0 Å². The van der Waals surface area contributed by atoms with Gasteiger partial charge in [-0.1, -0.05) is 35.5 Å². The van der Waals surface area contributed by atoms with E-state index in [9.17, 15) is 14.0 Å². The van der Waals surface area contributed by atoms with Crippen LogP contribution in [0.25, 0.3) is 16.6 Å². The predicted octanol–water partition coefficient (Wildman–Crippen LogP) is 4.93. The lowest BCUT2D eigenvalue weighted by molar-refractivity contribution is -0.113. The van der Waals surface area contributed by atoms with Gasteiger partial charge in [0.25, 0.3) is 5.56 Å². The molecule has 174 valence electrons. The molecule has 10 heteroatoms. The number of carbonyl (C=O) groups excluding carboxylic acids is 1. The molecule has 1 heterocycles. The molecule has 0 radical (unpaired) electrons. The number of para-hydroxylation sites is 1. The van der Waals surface area contributed by atoms with Crippen molar-refractivity contribution in [3.63, 3.8) is 0 Å². The Morgan fingerprint density at radius 2 is 1.85 bits per heavy atom. The quantitative estimate of drug-likeness (QED) is 0.287. The third kappa shape index (κ3) is 4.85. The number of carbonyl (C=O) groups is 1. The number of hydrogen-bond acceptors (Lipinski definition) is 6. The summed E-state index contributed by atoms with van der Waals surface area (Å²) < 4.78 is 26.1. The van der Waals surface area contributed by atoms with Crippen LogP contribution < -0.4 is 20.3 Å². The van der Waals surface area contributed by atoms with E-state index in [1.807, 2.05) is 0 Å². The molecule has 0 aliphatic carbocycles. The van der Waals surface area contributed by atoms with Crippen molar-refractivity contribution in [2.45, 2.75) is 5.16 Å². The largest absolute Gasteiger partial charge is 0.493 e. The van der Waals surface area contributed by atoms with Crippen molar-refractivity contribution in [2.24, 2.45) is 0 Å². The summed E-state index contributed by atoms with van der Waals surface area (Å²) in [6, 6.07) is 16.0. The maximum Gasteiger partial charge on any atom is 0.266 e. The second-order valence-electron chi connectivity index (χ2n) is 7.05. The molecule has 0 unspecified atom stereocenters. The molecule has 7 nitrogen and oxygen atoms in total. The second-order valence-corrected chi connectivity index (χ2v) is 8.43. The fourth-order valence-corrected chi connectivity index (χ4v) is 4.28. The smallest absolute Gasteiger partial charge is 0.266 e. The van der Waals surface area contributed by atoms with E-state index in [1.54, 1.807) is 42.5 Å². The Morgan fingerprint density at radius 1 is 1.09 bits per heavy atom. The number of hydrogen-bond donors (Lipinski definition) is 1. The average molecular weight is 500 g/mol. The van der Waals surface area contributed by atoms with Crippen LogP contribution in [-0.4, -0.2) is 35.4 Å². The maximum absolute atomic E-state index is 14.0. The van der Waals surface area contributed by atoms with Crippen molar-refractivity contribution in [2.75, 3.05) is 25.3 Å². The number of aromatic nitrogens is 2. The molecule has 0 atom stereocenters. The highest BCUT2D eigenvalue weighted by molar-refractivity contribution is 7.99. The Kier molecular flexibility index (Phi) is 7.04. The summed E-state index contributed by atoms with van der Waals surface area (Å²) >= 11 is 6.81. The second kappa shape index (κ2) is 10.1. The third-order valence-corrected chi connectivity index (χ3v) is 6.08. The van der Waals surface area contributed by atoms with Gasteiger partial charge in [-0.05, 0) is 42.5 Å². The normalized spacial score (nSPS) is 10.8. The molecule has 0 saturated carbocycles. The van der Waals surface area contributed by atoms with Crippen LogP contribution in [0.5, 0.6) is 11.5 Å². The van der Waals surface area contributed by atoms with Crippen molar-refractivity contribution in [1.82, 2.24) is 9.55 Å². The third-order valence-electron chi connectivity index (χ3n) is 4.91. The number of thioether (sulfide) groups is 1. The molecule has 0 bridgehead atoms. The lowest BCUT2D eigenvalue weighted by Gasteiger charge is -2.15. The van der Waals surface area contributed by atoms with Crippen LogP contribution >= 0.6 is 23.4 Å². The first-order chi connectivity index (χ1) is 16.4. The van der Waals surface area contributed by atoms with Gasteiger partial charge >= 0.3 is 0 Å². The molecule has 0 spiro atoms. The van der Waals surface area contributed by atoms with Gasteiger partial charge in [-0.15, -0.1) is 0 Å². The molecule has 0 aliphatic heterocycles. The minimum atomic E-state index is -0.642. The summed E-state index contributed by atoms with van der Waals surface area (Å²) in [5.41, 5.74) is 0.701. The monoisotopic (exact) mass is 499 g/mol. The summed E-state index contributed by atoms with van der Waals surface area (Å²) in [6.07, 6.45) is 0. The first-order valence-corrected chi connectivity index (χ1v) is 11.4. The number of anilines is 1. The van der Waals surface area contributed by atoms with Crippen LogP contribution in [-0.2, 0) is 4.79 Å². The number of ether oxygens (including phenoxy) is 2. The Hall–Kier alpha value is -3.56. The van der Waals surface area contributed by atoms with E-state index in [4.69, 9.17) is 21.1 Å². The molecule has 3 aromatic carbocycles. The van der Waals surface area contributed by atoms with E-state index in [1.165, 1.54) is 30.9 Å². The number of fused-ring (bicyclic) bond motifs is 1. The van der Waals surface area contributed by atoms with Crippen molar-refractivity contribution in [3.05, 3.63) is 81.9 Å². The predicted molar refractivity (Wildman–Crippen MR) is 131 cm³/mol. The van der Waals surface area contributed by atoms with Gasteiger partial charge < -0.3 is 14.8 Å². The van der Waals surface area contributed by atoms with Crippen LogP contribution in [0.1, 0.15) is 0 Å². The molecule has 1 N–H and O–H groups in total. The van der Waals surface area contributed by atoms with Crippen molar-refractivity contribution < 1.29 is 18.7 Å². The number of amides is 1. The number of rotatable bonds is 7. The molecule has 0 aliphatic rings. The van der Waals surface area contributed by atoms with Crippen molar-refractivity contribution in [3.8, 4) is 17.2 Å². The van der Waals surface area contributed by atoms with Gasteiger partial charge in [-0.25, -0.2) is 9.37 Å². The first kappa shape index (κ1) is 23.6. The average Bonchev–Trinajstić information content (AvgIpc) is 2.84. The highest BCUT2D eigenvalue weighted by atomic mass is 35.5. The van der Waals surface area contributed by atoms with E-state index >= 15 is 0 Å². The number of halogens is 2. The van der Waals surface area contributed by atoms with E-state index < -0.39 is 11.7 Å². The number of nitrogens with one attached hydrogen (secondary N) is 1. The number of methoxy groups -OCH3 is 2. The lowest BCUT2D eigenvalue weighted by atomic mass is 10.2. The molecule has 4 rings (SSSR count). The summed E-state index contributed by atoms with van der Waals surface area (Å²) in [4.78, 5) is 30.5. The summed E-state index contributed by atoms with van der Waals surface area (Å²) in [5, 5.41) is 3.45. The fraction of sp³-hybridized carbons (Fsp3) is 0.125. The molecule has 0 fully saturated rings. The first-order valence-electron chi connectivity index (χ1n) is 10.0. The Bertz CT molecular complexity index is 1440. The molecule has 34 heavy (non-hydrogen) atoms. The zero-order valence-corrected chi connectivity index (χ0v) is 19.7. The van der Waals surface area contributed by atoms with E-state index in [-0.39, 0.29) is 22.0 Å². The molecule has 1 aromatic heterocycles. The topological polar surface area (TPSA) is 82.5 Å². The van der Waals surface area contributed by atoms with E-state index in [0.29, 0.717) is 33.2 Å². The maximum atomic E-state index is 14.0. The Morgan fingerprint density at radius 3 is 2.59 bits per heavy atom. The van der Waals surface area contributed by atoms with Crippen LogP contribution in [0.2, 0.25) is 5.02 Å². The van der Waals surface area contributed by atoms with Crippen LogP contribution in [0.15, 0.2) is 70.6 Å². The minimum absolute atomic E-state index is 0.0127. The SMILES string of the molecule is COc1ccc(-n2c(SCC(=O)Nc3ccc(Cl)cc3F)nc3ccccc3c2=O)cc1OC. The highest BCUT2D eigenvalue weighted by Gasteiger charge is 2.17. The van der Waals surface area contributed by atoms with E-state index in [0.717, 1.165) is 17.8 Å². The molecular weight excluding hydrogens is 481 g/mol. The zero-order valence-electron chi connectivity index (χ0n) is 18.2. The van der Waals surface area contributed by atoms with Gasteiger partial charge in [0.05, 0.1) is 42.3 Å². The summed E-state index contributed by atoms with van der Waals surface area (Å²) in [6.45, 7) is 0. The summed E-state index contributed by atoms with van der Waals surface area (Å²) in [7, 11) is 3.02. The van der Waals surface area contributed by atoms with Crippen molar-refractivity contribution >= 4 is 45.9 Å². The minimum Gasteiger partial charge on any atom is -0.493 e. The Labute approximate surface area is 203 Å². The lowest BCUT2D eigenvalue weighted by Crippen LogP contribution is -2.23.